The highest BCUT2D eigenvalue weighted by Crippen LogP contribution is 2.24. The number of nitrogens with zero attached hydrogens (tertiary/aromatic N) is 4. The minimum absolute atomic E-state index is 0.300. The van der Waals surface area contributed by atoms with Crippen molar-refractivity contribution in [2.45, 2.75) is 12.5 Å². The molecule has 2 aromatic carbocycles. The van der Waals surface area contributed by atoms with Crippen LogP contribution in [-0.2, 0) is 6.42 Å². The number of aliphatic hydroxyl groups excluding tert-OH is 1. The van der Waals surface area contributed by atoms with Crippen molar-refractivity contribution < 1.29 is 9.63 Å². The molecule has 114 valence electrons. The minimum atomic E-state index is -0.660. The van der Waals surface area contributed by atoms with Crippen LogP contribution in [0.2, 0.25) is 0 Å². The quantitative estimate of drug-likeness (QED) is 0.621. The highest BCUT2D eigenvalue weighted by atomic mass is 32.1. The summed E-state index contributed by atoms with van der Waals surface area (Å²) in [6.45, 7) is 0. The van der Waals surface area contributed by atoms with E-state index in [1.165, 1.54) is 11.5 Å². The topological polar surface area (TPSA) is 84.9 Å². The van der Waals surface area contributed by atoms with E-state index in [0.717, 1.165) is 21.3 Å². The third kappa shape index (κ3) is 2.84. The predicted molar refractivity (Wildman–Crippen MR) is 85.8 cm³/mol. The fourth-order valence-electron chi connectivity index (χ4n) is 2.33. The van der Waals surface area contributed by atoms with Crippen molar-refractivity contribution in [1.29, 1.82) is 0 Å². The van der Waals surface area contributed by atoms with Gasteiger partial charge >= 0.3 is 0 Å². The largest absolute Gasteiger partial charge is 0.388 e. The molecular formula is C16H12N4O2S. The molecule has 0 fully saturated rings. The molecule has 1 N–H and O–H groups in total. The summed E-state index contributed by atoms with van der Waals surface area (Å²) in [5.74, 6) is 0.878. The Morgan fingerprint density at radius 1 is 1.13 bits per heavy atom. The van der Waals surface area contributed by atoms with Gasteiger partial charge in [0.2, 0.25) is 0 Å². The Hall–Kier alpha value is -2.64. The molecule has 1 atom stereocenters. The SMILES string of the molecule is O[C@@H](Cc1noc(-c2ccc3snnc3c2)n1)c1ccccc1. The van der Waals surface area contributed by atoms with E-state index >= 15 is 0 Å². The molecule has 0 unspecified atom stereocenters. The van der Waals surface area contributed by atoms with Gasteiger partial charge in [-0.05, 0) is 35.3 Å². The second-order valence-corrected chi connectivity index (χ2v) is 5.89. The molecule has 23 heavy (non-hydrogen) atoms. The molecule has 0 bridgehead atoms. The van der Waals surface area contributed by atoms with Crippen molar-refractivity contribution in [2.75, 3.05) is 0 Å². The fraction of sp³-hybridized carbons (Fsp3) is 0.125. The molecule has 0 saturated heterocycles. The van der Waals surface area contributed by atoms with E-state index < -0.39 is 6.10 Å². The van der Waals surface area contributed by atoms with Crippen LogP contribution in [0.15, 0.2) is 53.1 Å². The van der Waals surface area contributed by atoms with Crippen LogP contribution in [-0.4, -0.2) is 24.8 Å². The molecule has 7 heteroatoms. The van der Waals surface area contributed by atoms with Crippen molar-refractivity contribution in [3.8, 4) is 11.5 Å². The van der Waals surface area contributed by atoms with Crippen LogP contribution in [0.4, 0.5) is 0 Å². The first-order valence-corrected chi connectivity index (χ1v) is 7.85. The van der Waals surface area contributed by atoms with Crippen LogP contribution in [0.3, 0.4) is 0 Å². The Kier molecular flexibility index (Phi) is 3.57. The number of aromatic nitrogens is 4. The van der Waals surface area contributed by atoms with Crippen molar-refractivity contribution in [3.63, 3.8) is 0 Å². The van der Waals surface area contributed by atoms with Crippen LogP contribution in [0.25, 0.3) is 21.7 Å². The third-order valence-corrected chi connectivity index (χ3v) is 4.23. The Morgan fingerprint density at radius 3 is 2.87 bits per heavy atom. The van der Waals surface area contributed by atoms with Crippen molar-refractivity contribution in [3.05, 3.63) is 59.9 Å². The Bertz CT molecular complexity index is 935. The zero-order valence-corrected chi connectivity index (χ0v) is 12.8. The van der Waals surface area contributed by atoms with E-state index in [2.05, 4.69) is 19.7 Å². The summed E-state index contributed by atoms with van der Waals surface area (Å²) >= 11 is 1.34. The van der Waals surface area contributed by atoms with Gasteiger partial charge in [0.25, 0.3) is 5.89 Å². The second-order valence-electron chi connectivity index (χ2n) is 5.10. The zero-order valence-electron chi connectivity index (χ0n) is 12.0. The number of benzene rings is 2. The third-order valence-electron chi connectivity index (χ3n) is 3.52. The number of hydrogen-bond acceptors (Lipinski definition) is 7. The van der Waals surface area contributed by atoms with Gasteiger partial charge in [0.05, 0.1) is 10.8 Å². The number of fused-ring (bicyclic) bond motifs is 1. The van der Waals surface area contributed by atoms with Gasteiger partial charge in [-0.1, -0.05) is 40.0 Å². The van der Waals surface area contributed by atoms with Gasteiger partial charge in [0, 0.05) is 12.0 Å². The molecule has 0 spiro atoms. The average molecular weight is 324 g/mol. The molecule has 0 saturated carbocycles. The fourth-order valence-corrected chi connectivity index (χ4v) is 2.87. The molecule has 0 radical (unpaired) electrons. The summed E-state index contributed by atoms with van der Waals surface area (Å²) in [7, 11) is 0. The molecule has 4 aromatic rings. The molecule has 4 rings (SSSR count). The standard InChI is InChI=1S/C16H12N4O2S/c21-13(10-4-2-1-3-5-10)9-15-17-16(22-19-15)11-6-7-14-12(8-11)18-20-23-14/h1-8,13,21H,9H2/t13-/m0/s1. The lowest BCUT2D eigenvalue weighted by atomic mass is 10.1. The smallest absolute Gasteiger partial charge is 0.258 e. The zero-order chi connectivity index (χ0) is 15.6. The summed E-state index contributed by atoms with van der Waals surface area (Å²) in [5, 5.41) is 18.2. The summed E-state index contributed by atoms with van der Waals surface area (Å²) in [6.07, 6.45) is -0.361. The van der Waals surface area contributed by atoms with Gasteiger partial charge in [-0.15, -0.1) is 5.10 Å². The van der Waals surface area contributed by atoms with Gasteiger partial charge in [-0.2, -0.15) is 4.98 Å². The Labute approximate surface area is 135 Å². The molecule has 0 aliphatic rings. The van der Waals surface area contributed by atoms with Crippen molar-refractivity contribution in [2.24, 2.45) is 0 Å². The lowest BCUT2D eigenvalue weighted by Crippen LogP contribution is -2.02. The molecule has 0 aliphatic carbocycles. The lowest BCUT2D eigenvalue weighted by molar-refractivity contribution is 0.174. The van der Waals surface area contributed by atoms with Gasteiger partial charge in [-0.25, -0.2) is 0 Å². The molecule has 0 aliphatic heterocycles. The van der Waals surface area contributed by atoms with Crippen molar-refractivity contribution >= 4 is 21.7 Å². The first-order chi connectivity index (χ1) is 11.3. The highest BCUT2D eigenvalue weighted by Gasteiger charge is 2.15. The van der Waals surface area contributed by atoms with Gasteiger partial charge in [0.1, 0.15) is 5.52 Å². The van der Waals surface area contributed by atoms with Crippen LogP contribution in [0, 0.1) is 0 Å². The van der Waals surface area contributed by atoms with Gasteiger partial charge < -0.3 is 9.63 Å². The van der Waals surface area contributed by atoms with Gasteiger partial charge in [-0.3, -0.25) is 0 Å². The van der Waals surface area contributed by atoms with E-state index in [1.54, 1.807) is 0 Å². The maximum absolute atomic E-state index is 10.2. The summed E-state index contributed by atoms with van der Waals surface area (Å²) in [5.41, 5.74) is 2.42. The molecule has 0 amide bonds. The Balaban J connectivity index is 1.56. The summed E-state index contributed by atoms with van der Waals surface area (Å²) in [4.78, 5) is 4.35. The normalized spacial score (nSPS) is 12.6. The number of rotatable bonds is 4. The predicted octanol–water partition coefficient (Wildman–Crippen LogP) is 3.02. The average Bonchev–Trinajstić information content (AvgIpc) is 3.23. The van der Waals surface area contributed by atoms with Gasteiger partial charge in [0.15, 0.2) is 5.82 Å². The maximum Gasteiger partial charge on any atom is 0.258 e. The molecule has 2 aromatic heterocycles. The van der Waals surface area contributed by atoms with Crippen LogP contribution in [0.5, 0.6) is 0 Å². The number of hydrogen-bond donors (Lipinski definition) is 1. The van der Waals surface area contributed by atoms with E-state index in [-0.39, 0.29) is 0 Å². The molecule has 2 heterocycles. The van der Waals surface area contributed by atoms with E-state index in [1.807, 2.05) is 48.5 Å². The van der Waals surface area contributed by atoms with Crippen molar-refractivity contribution in [1.82, 2.24) is 19.7 Å². The highest BCUT2D eigenvalue weighted by molar-refractivity contribution is 7.12. The Morgan fingerprint density at radius 2 is 2.00 bits per heavy atom. The van der Waals surface area contributed by atoms with Crippen LogP contribution >= 0.6 is 11.5 Å². The molecule has 6 nitrogen and oxygen atoms in total. The van der Waals surface area contributed by atoms with Crippen LogP contribution < -0.4 is 0 Å². The first-order valence-electron chi connectivity index (χ1n) is 7.08. The summed E-state index contributed by atoms with van der Waals surface area (Å²) < 4.78 is 10.2. The van der Waals surface area contributed by atoms with E-state index in [0.29, 0.717) is 18.1 Å². The maximum atomic E-state index is 10.2. The van der Waals surface area contributed by atoms with Crippen LogP contribution in [0.1, 0.15) is 17.5 Å². The minimum Gasteiger partial charge on any atom is -0.388 e. The first kappa shape index (κ1) is 14.0. The second kappa shape index (κ2) is 5.86. The monoisotopic (exact) mass is 324 g/mol. The molecular weight excluding hydrogens is 312 g/mol. The van der Waals surface area contributed by atoms with E-state index in [4.69, 9.17) is 4.52 Å². The van der Waals surface area contributed by atoms with E-state index in [9.17, 15) is 5.11 Å². The summed E-state index contributed by atoms with van der Waals surface area (Å²) in [6, 6.07) is 15.1. The lowest BCUT2D eigenvalue weighted by Gasteiger charge is -2.07. The number of aliphatic hydroxyl groups is 1.